The highest BCUT2D eigenvalue weighted by molar-refractivity contribution is 9.10. The molecule has 0 aromatic carbocycles. The van der Waals surface area contributed by atoms with Crippen molar-refractivity contribution in [2.24, 2.45) is 0 Å². The summed E-state index contributed by atoms with van der Waals surface area (Å²) in [6, 6.07) is 1.90. The summed E-state index contributed by atoms with van der Waals surface area (Å²) >= 11 is 6.55. The average molecular weight is 302 g/mol. The Kier molecular flexibility index (Phi) is 3.38. The van der Waals surface area contributed by atoms with Gasteiger partial charge in [-0.05, 0) is 41.5 Å². The molecule has 0 spiro atoms. The Morgan fingerprint density at radius 2 is 2.07 bits per heavy atom. The van der Waals surface area contributed by atoms with Gasteiger partial charge in [-0.25, -0.2) is 15.0 Å². The minimum Gasteiger partial charge on any atom is -0.235 e. The molecule has 0 N–H and O–H groups in total. The fourth-order valence-corrected chi connectivity index (χ4v) is 3.48. The molecule has 0 bridgehead atoms. The Morgan fingerprint density at radius 3 is 2.67 bits per heavy atom. The van der Waals surface area contributed by atoms with Crippen LogP contribution in [0.4, 0.5) is 0 Å². The minimum atomic E-state index is 0.764. The van der Waals surface area contributed by atoms with Gasteiger partial charge in [0.25, 0.3) is 0 Å². The molecule has 2 aromatic heterocycles. The lowest BCUT2D eigenvalue weighted by atomic mass is 10.6. The van der Waals surface area contributed by atoms with Gasteiger partial charge in [0.2, 0.25) is 0 Å². The van der Waals surface area contributed by atoms with Crippen molar-refractivity contribution in [1.29, 1.82) is 0 Å². The van der Waals surface area contributed by atoms with Crippen LogP contribution in [0.5, 0.6) is 0 Å². The largest absolute Gasteiger partial charge is 0.235 e. The monoisotopic (exact) mass is 301 g/mol. The van der Waals surface area contributed by atoms with Gasteiger partial charge >= 0.3 is 0 Å². The summed E-state index contributed by atoms with van der Waals surface area (Å²) in [5.41, 5.74) is 1.05. The number of aromatic nitrogens is 3. The van der Waals surface area contributed by atoms with E-state index in [-0.39, 0.29) is 0 Å². The van der Waals surface area contributed by atoms with Crippen molar-refractivity contribution in [3.63, 3.8) is 0 Å². The van der Waals surface area contributed by atoms with Crippen molar-refractivity contribution >= 4 is 39.0 Å². The Balaban J connectivity index is 2.24. The first-order chi connectivity index (χ1) is 7.13. The first-order valence-electron chi connectivity index (χ1n) is 4.24. The van der Waals surface area contributed by atoms with E-state index in [1.165, 1.54) is 0 Å². The van der Waals surface area contributed by atoms with Crippen molar-refractivity contribution < 1.29 is 0 Å². The van der Waals surface area contributed by atoms with Crippen LogP contribution in [0.25, 0.3) is 0 Å². The number of hydrogen-bond donors (Lipinski definition) is 0. The zero-order chi connectivity index (χ0) is 10.8. The van der Waals surface area contributed by atoms with Crippen LogP contribution < -0.4 is 0 Å². The van der Waals surface area contributed by atoms with Crippen LogP contribution in [-0.4, -0.2) is 15.0 Å². The topological polar surface area (TPSA) is 38.7 Å². The zero-order valence-corrected chi connectivity index (χ0v) is 11.4. The van der Waals surface area contributed by atoms with E-state index >= 15 is 0 Å². The van der Waals surface area contributed by atoms with Gasteiger partial charge in [0.15, 0.2) is 4.34 Å². The fraction of sp³-hybridized carbons (Fsp3) is 0.222. The van der Waals surface area contributed by atoms with Crippen molar-refractivity contribution in [3.05, 3.63) is 27.6 Å². The molecule has 2 rings (SSSR count). The maximum absolute atomic E-state index is 4.37. The standard InChI is InChI=1S/C9H8BrN3S2/c1-5-4-14-9(11-5)15-8-3-7(10)12-6(2)13-8/h3-4H,1-2H3. The van der Waals surface area contributed by atoms with Gasteiger partial charge in [-0.1, -0.05) is 0 Å². The van der Waals surface area contributed by atoms with E-state index in [9.17, 15) is 0 Å². The summed E-state index contributed by atoms with van der Waals surface area (Å²) in [5.74, 6) is 0.764. The average Bonchev–Trinajstić information content (AvgIpc) is 2.49. The zero-order valence-electron chi connectivity index (χ0n) is 8.19. The number of hydrogen-bond acceptors (Lipinski definition) is 5. The number of nitrogens with zero attached hydrogens (tertiary/aromatic N) is 3. The van der Waals surface area contributed by atoms with Gasteiger partial charge in [-0.2, -0.15) is 0 Å². The molecule has 0 aliphatic heterocycles. The quantitative estimate of drug-likeness (QED) is 0.796. The normalized spacial score (nSPS) is 10.6. The van der Waals surface area contributed by atoms with Crippen molar-refractivity contribution in [2.75, 3.05) is 0 Å². The van der Waals surface area contributed by atoms with E-state index in [0.717, 1.165) is 25.5 Å². The summed E-state index contributed by atoms with van der Waals surface area (Å²) in [7, 11) is 0. The first-order valence-corrected chi connectivity index (χ1v) is 6.73. The van der Waals surface area contributed by atoms with Crippen LogP contribution in [0.1, 0.15) is 11.5 Å². The number of rotatable bonds is 2. The highest BCUT2D eigenvalue weighted by Crippen LogP contribution is 2.29. The smallest absolute Gasteiger partial charge is 0.156 e. The van der Waals surface area contributed by atoms with Crippen LogP contribution in [-0.2, 0) is 0 Å². The SMILES string of the molecule is Cc1csc(Sc2cc(Br)nc(C)n2)n1. The number of halogens is 1. The fourth-order valence-electron chi connectivity index (χ4n) is 1.03. The molecule has 0 aliphatic rings. The van der Waals surface area contributed by atoms with E-state index in [1.54, 1.807) is 23.1 Å². The molecule has 3 nitrogen and oxygen atoms in total. The van der Waals surface area contributed by atoms with Gasteiger partial charge in [0.05, 0.1) is 0 Å². The van der Waals surface area contributed by atoms with Crippen LogP contribution in [0.15, 0.2) is 25.4 Å². The molecule has 0 fully saturated rings. The highest BCUT2D eigenvalue weighted by Gasteiger charge is 2.05. The summed E-state index contributed by atoms with van der Waals surface area (Å²) in [5, 5.41) is 2.95. The van der Waals surface area contributed by atoms with Crippen LogP contribution in [0.3, 0.4) is 0 Å². The van der Waals surface area contributed by atoms with E-state index < -0.39 is 0 Å². The molecule has 0 aliphatic carbocycles. The molecule has 0 amide bonds. The molecule has 0 radical (unpaired) electrons. The highest BCUT2D eigenvalue weighted by atomic mass is 79.9. The maximum atomic E-state index is 4.37. The first kappa shape index (κ1) is 11.0. The molecule has 0 unspecified atom stereocenters. The summed E-state index contributed by atoms with van der Waals surface area (Å²) in [4.78, 5) is 12.9. The Bertz CT molecular complexity index is 464. The maximum Gasteiger partial charge on any atom is 0.156 e. The summed E-state index contributed by atoms with van der Waals surface area (Å²) in [6.45, 7) is 3.86. The lowest BCUT2D eigenvalue weighted by Crippen LogP contribution is -1.89. The predicted octanol–water partition coefficient (Wildman–Crippen LogP) is 3.46. The molecule has 6 heteroatoms. The second kappa shape index (κ2) is 4.59. The molecule has 15 heavy (non-hydrogen) atoms. The molecular formula is C9H8BrN3S2. The van der Waals surface area contributed by atoms with Crippen LogP contribution >= 0.6 is 39.0 Å². The van der Waals surface area contributed by atoms with Gasteiger partial charge < -0.3 is 0 Å². The minimum absolute atomic E-state index is 0.764. The number of aryl methyl sites for hydroxylation is 2. The second-order valence-electron chi connectivity index (χ2n) is 2.93. The predicted molar refractivity (Wildman–Crippen MR) is 65.4 cm³/mol. The summed E-state index contributed by atoms with van der Waals surface area (Å²) in [6.07, 6.45) is 0. The third-order valence-electron chi connectivity index (χ3n) is 1.57. The Morgan fingerprint density at radius 1 is 1.27 bits per heavy atom. The van der Waals surface area contributed by atoms with Gasteiger partial charge in [0, 0.05) is 17.1 Å². The molecule has 0 atom stereocenters. The van der Waals surface area contributed by atoms with Gasteiger partial charge in [0.1, 0.15) is 15.5 Å². The molecule has 0 saturated carbocycles. The molecule has 78 valence electrons. The van der Waals surface area contributed by atoms with Gasteiger partial charge in [-0.3, -0.25) is 0 Å². The van der Waals surface area contributed by atoms with Crippen molar-refractivity contribution in [3.8, 4) is 0 Å². The molecule has 2 aromatic rings. The summed E-state index contributed by atoms with van der Waals surface area (Å²) < 4.78 is 1.82. The van der Waals surface area contributed by atoms with E-state index in [2.05, 4.69) is 30.9 Å². The second-order valence-corrected chi connectivity index (χ2v) is 5.87. The van der Waals surface area contributed by atoms with Crippen LogP contribution in [0.2, 0.25) is 0 Å². The molecular weight excluding hydrogens is 294 g/mol. The lowest BCUT2D eigenvalue weighted by Gasteiger charge is -1.99. The number of thiazole rings is 1. The van der Waals surface area contributed by atoms with E-state index in [0.29, 0.717) is 0 Å². The van der Waals surface area contributed by atoms with Gasteiger partial charge in [-0.15, -0.1) is 11.3 Å². The lowest BCUT2D eigenvalue weighted by molar-refractivity contribution is 0.950. The van der Waals surface area contributed by atoms with E-state index in [1.807, 2.05) is 25.3 Å². The van der Waals surface area contributed by atoms with E-state index in [4.69, 9.17) is 0 Å². The Hall–Kier alpha value is -0.460. The third-order valence-corrected chi connectivity index (χ3v) is 3.95. The molecule has 0 saturated heterocycles. The third kappa shape index (κ3) is 2.99. The van der Waals surface area contributed by atoms with Crippen molar-refractivity contribution in [2.45, 2.75) is 23.2 Å². The Labute approximate surface area is 105 Å². The van der Waals surface area contributed by atoms with Crippen molar-refractivity contribution in [1.82, 2.24) is 15.0 Å². The molecule has 2 heterocycles. The van der Waals surface area contributed by atoms with Crippen LogP contribution in [0, 0.1) is 13.8 Å².